The van der Waals surface area contributed by atoms with E-state index < -0.39 is 49.4 Å². The molecule has 0 fully saturated rings. The number of esters is 6. The van der Waals surface area contributed by atoms with Crippen LogP contribution in [0.4, 0.5) is 0 Å². The van der Waals surface area contributed by atoms with E-state index in [0.29, 0.717) is 0 Å². The van der Waals surface area contributed by atoms with Crippen LogP contribution in [0.1, 0.15) is 31.1 Å². The molecule has 180 valence electrons. The molecule has 0 bridgehead atoms. The molecule has 12 heteroatoms. The van der Waals surface area contributed by atoms with Gasteiger partial charge >= 0.3 is 35.8 Å². The molecule has 1 aromatic rings. The number of ether oxygens (including phenoxy) is 6. The lowest BCUT2D eigenvalue weighted by Gasteiger charge is -2.10. The summed E-state index contributed by atoms with van der Waals surface area (Å²) in [6, 6.07) is 3.12. The van der Waals surface area contributed by atoms with Crippen LogP contribution in [0.15, 0.2) is 56.2 Å². The Morgan fingerprint density at radius 3 is 1.24 bits per heavy atom. The number of hydrogen-bond donors (Lipinski definition) is 0. The molecule has 1 rings (SSSR count). The monoisotopic (exact) mass is 476 g/mol. The van der Waals surface area contributed by atoms with Gasteiger partial charge in [-0.1, -0.05) is 19.7 Å². The predicted octanol–water partition coefficient (Wildman–Crippen LogP) is 1.26. The Balaban J connectivity index is 3.00. The topological polar surface area (TPSA) is 158 Å². The maximum Gasteiger partial charge on any atom is 0.341 e. The Bertz CT molecular complexity index is 935. The zero-order valence-electron chi connectivity index (χ0n) is 17.8. The summed E-state index contributed by atoms with van der Waals surface area (Å²) < 4.78 is 28.2. The van der Waals surface area contributed by atoms with E-state index in [4.69, 9.17) is 14.2 Å². The third kappa shape index (κ3) is 9.60. The highest BCUT2D eigenvalue weighted by atomic mass is 16.7. The Hall–Kier alpha value is -4.74. The first-order chi connectivity index (χ1) is 16.2. The summed E-state index contributed by atoms with van der Waals surface area (Å²) in [7, 11) is 0. The van der Waals surface area contributed by atoms with Crippen molar-refractivity contribution in [1.82, 2.24) is 0 Å². The highest BCUT2D eigenvalue weighted by Gasteiger charge is 2.19. The zero-order valence-corrected chi connectivity index (χ0v) is 17.8. The van der Waals surface area contributed by atoms with Crippen molar-refractivity contribution in [2.45, 2.75) is 0 Å². The third-order valence-corrected chi connectivity index (χ3v) is 3.48. The van der Waals surface area contributed by atoms with Crippen molar-refractivity contribution in [3.8, 4) is 0 Å². The lowest BCUT2D eigenvalue weighted by atomic mass is 10.1. The SMILES string of the molecule is C=CC(=O)OCCOC(=O)c1cc(C(=O)OCOC(=O)C=C)cc(C(=O)OCOC(=O)C=C)c1. The van der Waals surface area contributed by atoms with E-state index in [9.17, 15) is 28.8 Å². The average molecular weight is 476 g/mol. The Kier molecular flexibility index (Phi) is 11.5. The van der Waals surface area contributed by atoms with Gasteiger partial charge in [-0.2, -0.15) is 0 Å². The van der Waals surface area contributed by atoms with E-state index in [1.54, 1.807) is 0 Å². The summed E-state index contributed by atoms with van der Waals surface area (Å²) in [6.45, 7) is 7.45. The normalized spacial score (nSPS) is 9.53. The highest BCUT2D eigenvalue weighted by molar-refractivity contribution is 6.00. The van der Waals surface area contributed by atoms with Gasteiger partial charge in [0.1, 0.15) is 13.2 Å². The fourth-order valence-electron chi connectivity index (χ4n) is 1.97. The first-order valence-corrected chi connectivity index (χ1v) is 9.25. The largest absolute Gasteiger partial charge is 0.459 e. The lowest BCUT2D eigenvalue weighted by Crippen LogP contribution is -2.17. The van der Waals surface area contributed by atoms with Crippen LogP contribution in [0.5, 0.6) is 0 Å². The summed E-state index contributed by atoms with van der Waals surface area (Å²) in [5.74, 6) is -5.51. The molecule has 0 saturated heterocycles. The number of benzene rings is 1. The van der Waals surface area contributed by atoms with Crippen LogP contribution in [0.25, 0.3) is 0 Å². The molecule has 0 heterocycles. The van der Waals surface area contributed by atoms with E-state index in [0.717, 1.165) is 36.4 Å². The fourth-order valence-corrected chi connectivity index (χ4v) is 1.97. The van der Waals surface area contributed by atoms with Crippen LogP contribution < -0.4 is 0 Å². The molecule has 0 atom stereocenters. The summed E-state index contributed by atoms with van der Waals surface area (Å²) in [4.78, 5) is 70.0. The minimum Gasteiger partial charge on any atom is -0.459 e. The second kappa shape index (κ2) is 14.3. The van der Waals surface area contributed by atoms with Crippen LogP contribution in [0, 0.1) is 0 Å². The Labute approximate surface area is 193 Å². The molecule has 0 aliphatic rings. The molecule has 0 radical (unpaired) electrons. The van der Waals surface area contributed by atoms with Crippen LogP contribution in [-0.2, 0) is 42.8 Å². The van der Waals surface area contributed by atoms with Gasteiger partial charge in [-0.3, -0.25) is 0 Å². The first kappa shape index (κ1) is 27.3. The van der Waals surface area contributed by atoms with E-state index in [-0.39, 0.29) is 29.9 Å². The first-order valence-electron chi connectivity index (χ1n) is 9.25. The van der Waals surface area contributed by atoms with Gasteiger partial charge in [0.25, 0.3) is 0 Å². The maximum atomic E-state index is 12.3. The Morgan fingerprint density at radius 1 is 0.529 bits per heavy atom. The fraction of sp³-hybridized carbons (Fsp3) is 0.182. The zero-order chi connectivity index (χ0) is 25.5. The van der Waals surface area contributed by atoms with Crippen LogP contribution in [0.2, 0.25) is 0 Å². The van der Waals surface area contributed by atoms with E-state index >= 15 is 0 Å². The number of carbonyl (C=O) groups excluding carboxylic acids is 6. The molecule has 0 N–H and O–H groups in total. The van der Waals surface area contributed by atoms with E-state index in [1.165, 1.54) is 0 Å². The van der Waals surface area contributed by atoms with Gasteiger partial charge in [0.05, 0.1) is 16.7 Å². The summed E-state index contributed by atoms with van der Waals surface area (Å²) in [6.07, 6.45) is 2.63. The second-order valence-corrected chi connectivity index (χ2v) is 5.74. The van der Waals surface area contributed by atoms with Gasteiger partial charge in [-0.25, -0.2) is 28.8 Å². The molecular formula is C22H20O12. The van der Waals surface area contributed by atoms with Gasteiger partial charge in [-0.05, 0) is 18.2 Å². The minimum absolute atomic E-state index is 0.261. The van der Waals surface area contributed by atoms with Crippen LogP contribution in [-0.4, -0.2) is 62.6 Å². The average Bonchev–Trinajstić information content (AvgIpc) is 2.85. The molecule has 0 aliphatic heterocycles. The van der Waals surface area contributed by atoms with Crippen LogP contribution in [0.3, 0.4) is 0 Å². The van der Waals surface area contributed by atoms with Crippen molar-refractivity contribution in [3.05, 3.63) is 72.9 Å². The second-order valence-electron chi connectivity index (χ2n) is 5.74. The van der Waals surface area contributed by atoms with Crippen molar-refractivity contribution < 1.29 is 57.2 Å². The van der Waals surface area contributed by atoms with E-state index in [2.05, 4.69) is 33.9 Å². The molecule has 1 aromatic carbocycles. The number of rotatable bonds is 13. The quantitative estimate of drug-likeness (QED) is 0.132. The maximum absolute atomic E-state index is 12.3. The van der Waals surface area contributed by atoms with Crippen molar-refractivity contribution in [2.75, 3.05) is 26.8 Å². The number of carbonyl (C=O) groups is 6. The van der Waals surface area contributed by atoms with Gasteiger partial charge in [0, 0.05) is 18.2 Å². The van der Waals surface area contributed by atoms with Crippen molar-refractivity contribution in [3.63, 3.8) is 0 Å². The molecular weight excluding hydrogens is 456 g/mol. The molecule has 34 heavy (non-hydrogen) atoms. The molecule has 0 spiro atoms. The molecule has 0 amide bonds. The molecule has 0 unspecified atom stereocenters. The van der Waals surface area contributed by atoms with Crippen molar-refractivity contribution >= 4 is 35.8 Å². The predicted molar refractivity (Wildman–Crippen MR) is 111 cm³/mol. The summed E-state index contributed by atoms with van der Waals surface area (Å²) >= 11 is 0. The lowest BCUT2D eigenvalue weighted by molar-refractivity contribution is -0.147. The third-order valence-electron chi connectivity index (χ3n) is 3.48. The van der Waals surface area contributed by atoms with Crippen molar-refractivity contribution in [2.24, 2.45) is 0 Å². The highest BCUT2D eigenvalue weighted by Crippen LogP contribution is 2.15. The number of hydrogen-bond acceptors (Lipinski definition) is 12. The summed E-state index contributed by atoms with van der Waals surface area (Å²) in [5, 5.41) is 0. The molecule has 0 saturated carbocycles. The Morgan fingerprint density at radius 2 is 0.853 bits per heavy atom. The van der Waals surface area contributed by atoms with Crippen LogP contribution >= 0.6 is 0 Å². The van der Waals surface area contributed by atoms with Crippen molar-refractivity contribution in [1.29, 1.82) is 0 Å². The van der Waals surface area contributed by atoms with E-state index in [1.807, 2.05) is 0 Å². The molecule has 0 aromatic heterocycles. The summed E-state index contributed by atoms with van der Waals surface area (Å²) in [5.41, 5.74) is -0.850. The molecule has 0 aliphatic carbocycles. The van der Waals surface area contributed by atoms with Gasteiger partial charge in [0.15, 0.2) is 0 Å². The van der Waals surface area contributed by atoms with Gasteiger partial charge < -0.3 is 28.4 Å². The minimum atomic E-state index is -1.06. The van der Waals surface area contributed by atoms with Gasteiger partial charge in [-0.15, -0.1) is 0 Å². The standard InChI is InChI=1S/C22H20O12/c1-4-17(23)29-7-8-30-20(26)14-9-15(21(27)33-12-31-18(24)5-2)11-16(10-14)22(28)34-13-32-19(25)6-3/h4-6,9-11H,1-3,7-8,12-13H2. The van der Waals surface area contributed by atoms with Gasteiger partial charge in [0.2, 0.25) is 13.6 Å². The smallest absolute Gasteiger partial charge is 0.341 e. The molecule has 12 nitrogen and oxygen atoms in total.